The Balaban J connectivity index is 3.01. The molecule has 1 fully saturated rings. The molecule has 14 heavy (non-hydrogen) atoms. The number of hydrogen-bond acceptors (Lipinski definition) is 0. The summed E-state index contributed by atoms with van der Waals surface area (Å²) in [7, 11) is 0. The molecular formula is C8H9F6. The van der Waals surface area contributed by atoms with E-state index in [-0.39, 0.29) is 6.42 Å². The third-order valence-corrected chi connectivity index (χ3v) is 2.59. The van der Waals surface area contributed by atoms with E-state index >= 15 is 0 Å². The lowest BCUT2D eigenvalue weighted by Crippen LogP contribution is -2.51. The van der Waals surface area contributed by atoms with Crippen molar-refractivity contribution in [3.8, 4) is 0 Å². The first-order valence-corrected chi connectivity index (χ1v) is 4.16. The van der Waals surface area contributed by atoms with Gasteiger partial charge in [0.15, 0.2) is 5.41 Å². The van der Waals surface area contributed by atoms with E-state index in [1.807, 2.05) is 0 Å². The van der Waals surface area contributed by atoms with Crippen LogP contribution in [0.4, 0.5) is 26.3 Å². The van der Waals surface area contributed by atoms with E-state index < -0.39 is 30.6 Å². The van der Waals surface area contributed by atoms with Gasteiger partial charge in [0.05, 0.1) is 0 Å². The fourth-order valence-corrected chi connectivity index (χ4v) is 1.67. The molecule has 0 atom stereocenters. The second-order valence-electron chi connectivity index (χ2n) is 3.46. The summed E-state index contributed by atoms with van der Waals surface area (Å²) in [5.74, 6) is 0. The van der Waals surface area contributed by atoms with Crippen LogP contribution in [0.2, 0.25) is 0 Å². The minimum Gasteiger partial charge on any atom is -0.170 e. The maximum Gasteiger partial charge on any atom is 0.403 e. The van der Waals surface area contributed by atoms with Crippen LogP contribution in [-0.4, -0.2) is 12.4 Å². The predicted molar refractivity (Wildman–Crippen MR) is 37.3 cm³/mol. The summed E-state index contributed by atoms with van der Waals surface area (Å²) in [6.45, 7) is 0. The molecule has 1 aliphatic carbocycles. The van der Waals surface area contributed by atoms with Crippen LogP contribution in [0.3, 0.4) is 0 Å². The van der Waals surface area contributed by atoms with Crippen LogP contribution in [0, 0.1) is 11.8 Å². The van der Waals surface area contributed by atoms with Crippen molar-refractivity contribution in [1.82, 2.24) is 0 Å². The quantitative estimate of drug-likeness (QED) is 0.542. The zero-order valence-corrected chi connectivity index (χ0v) is 7.17. The molecule has 1 saturated carbocycles. The van der Waals surface area contributed by atoms with Crippen LogP contribution < -0.4 is 0 Å². The van der Waals surface area contributed by atoms with Crippen molar-refractivity contribution < 1.29 is 26.3 Å². The standard InChI is InChI=1S/C8H9F6/c9-7(10,11)6(8(12,13)14)4-2-1-3-5-6/h2H,1,3-5H2. The van der Waals surface area contributed by atoms with Crippen molar-refractivity contribution in [1.29, 1.82) is 0 Å². The summed E-state index contributed by atoms with van der Waals surface area (Å²) < 4.78 is 74.1. The zero-order chi connectivity index (χ0) is 11.0. The Hall–Kier alpha value is -0.420. The highest BCUT2D eigenvalue weighted by Gasteiger charge is 2.69. The molecule has 0 aromatic carbocycles. The Morgan fingerprint density at radius 2 is 1.43 bits per heavy atom. The molecule has 0 aromatic heterocycles. The Bertz CT molecular complexity index is 179. The first-order chi connectivity index (χ1) is 6.21. The van der Waals surface area contributed by atoms with E-state index in [2.05, 4.69) is 0 Å². The topological polar surface area (TPSA) is 0 Å². The lowest BCUT2D eigenvalue weighted by atomic mass is 9.73. The van der Waals surface area contributed by atoms with Crippen molar-refractivity contribution in [2.45, 2.75) is 38.0 Å². The van der Waals surface area contributed by atoms with Gasteiger partial charge < -0.3 is 0 Å². The Morgan fingerprint density at radius 3 is 1.64 bits per heavy atom. The van der Waals surface area contributed by atoms with E-state index in [9.17, 15) is 26.3 Å². The summed E-state index contributed by atoms with van der Waals surface area (Å²) in [4.78, 5) is 0. The fourth-order valence-electron chi connectivity index (χ4n) is 1.67. The molecule has 1 rings (SSSR count). The van der Waals surface area contributed by atoms with Crippen LogP contribution in [0.25, 0.3) is 0 Å². The van der Waals surface area contributed by atoms with E-state index in [4.69, 9.17) is 0 Å². The highest BCUT2D eigenvalue weighted by atomic mass is 19.4. The minimum absolute atomic E-state index is 0.0565. The smallest absolute Gasteiger partial charge is 0.170 e. The molecule has 0 amide bonds. The van der Waals surface area contributed by atoms with Crippen LogP contribution in [0.5, 0.6) is 0 Å². The first kappa shape index (κ1) is 11.7. The number of hydrogen-bond donors (Lipinski definition) is 0. The van der Waals surface area contributed by atoms with Gasteiger partial charge in [0, 0.05) is 0 Å². The Kier molecular flexibility index (Phi) is 2.75. The van der Waals surface area contributed by atoms with Gasteiger partial charge in [-0.05, 0) is 19.3 Å². The fraction of sp³-hybridized carbons (Fsp3) is 0.875. The largest absolute Gasteiger partial charge is 0.403 e. The molecule has 1 aliphatic rings. The number of alkyl halides is 6. The van der Waals surface area contributed by atoms with E-state index in [1.165, 1.54) is 0 Å². The van der Waals surface area contributed by atoms with Crippen molar-refractivity contribution >= 4 is 0 Å². The Labute approximate surface area is 77.3 Å². The Morgan fingerprint density at radius 1 is 0.929 bits per heavy atom. The van der Waals surface area contributed by atoms with Gasteiger partial charge in [-0.3, -0.25) is 0 Å². The SMILES string of the molecule is FC(F)(F)C1(C(F)(F)F)C[CH]CCC1. The summed E-state index contributed by atoms with van der Waals surface area (Å²) in [6, 6.07) is 0. The van der Waals surface area contributed by atoms with Crippen molar-refractivity contribution in [3.63, 3.8) is 0 Å². The summed E-state index contributed by atoms with van der Waals surface area (Å²) >= 11 is 0. The molecule has 0 spiro atoms. The molecule has 0 heterocycles. The lowest BCUT2D eigenvalue weighted by molar-refractivity contribution is -0.346. The number of rotatable bonds is 0. The maximum atomic E-state index is 12.4. The van der Waals surface area contributed by atoms with E-state index in [1.54, 1.807) is 0 Å². The maximum absolute atomic E-state index is 12.4. The first-order valence-electron chi connectivity index (χ1n) is 4.16. The second-order valence-corrected chi connectivity index (χ2v) is 3.46. The van der Waals surface area contributed by atoms with Gasteiger partial charge in [0.25, 0.3) is 0 Å². The summed E-state index contributed by atoms with van der Waals surface area (Å²) in [5, 5.41) is 0. The zero-order valence-electron chi connectivity index (χ0n) is 7.17. The second kappa shape index (κ2) is 3.31. The molecule has 0 N–H and O–H groups in total. The molecule has 0 aliphatic heterocycles. The summed E-state index contributed by atoms with van der Waals surface area (Å²) in [6.07, 6.45) is -10.9. The molecule has 0 aromatic rings. The van der Waals surface area contributed by atoms with E-state index in [0.717, 1.165) is 6.42 Å². The molecule has 6 heteroatoms. The third-order valence-electron chi connectivity index (χ3n) is 2.59. The molecule has 0 unspecified atom stereocenters. The third kappa shape index (κ3) is 1.70. The minimum atomic E-state index is -5.21. The average molecular weight is 219 g/mol. The summed E-state index contributed by atoms with van der Waals surface area (Å²) in [5.41, 5.74) is -3.50. The normalized spacial score (nSPS) is 23.6. The van der Waals surface area contributed by atoms with Gasteiger partial charge in [-0.15, -0.1) is 0 Å². The van der Waals surface area contributed by atoms with Crippen molar-refractivity contribution in [2.75, 3.05) is 0 Å². The van der Waals surface area contributed by atoms with Gasteiger partial charge in [0.2, 0.25) is 0 Å². The van der Waals surface area contributed by atoms with Gasteiger partial charge >= 0.3 is 12.4 Å². The van der Waals surface area contributed by atoms with Crippen molar-refractivity contribution in [2.24, 2.45) is 5.41 Å². The van der Waals surface area contributed by atoms with Gasteiger partial charge in [0.1, 0.15) is 0 Å². The monoisotopic (exact) mass is 219 g/mol. The molecule has 0 bridgehead atoms. The highest BCUT2D eigenvalue weighted by Crippen LogP contribution is 2.57. The lowest BCUT2D eigenvalue weighted by Gasteiger charge is -2.39. The van der Waals surface area contributed by atoms with E-state index in [0.29, 0.717) is 6.42 Å². The average Bonchev–Trinajstić information content (AvgIpc) is 2.02. The van der Waals surface area contributed by atoms with Crippen LogP contribution >= 0.6 is 0 Å². The van der Waals surface area contributed by atoms with Crippen molar-refractivity contribution in [3.05, 3.63) is 6.42 Å². The van der Waals surface area contributed by atoms with Gasteiger partial charge in [-0.1, -0.05) is 12.8 Å². The number of halogens is 6. The van der Waals surface area contributed by atoms with Gasteiger partial charge in [-0.2, -0.15) is 26.3 Å². The van der Waals surface area contributed by atoms with Crippen LogP contribution in [0.15, 0.2) is 0 Å². The molecular weight excluding hydrogens is 210 g/mol. The molecule has 1 radical (unpaired) electrons. The van der Waals surface area contributed by atoms with Gasteiger partial charge in [-0.25, -0.2) is 0 Å². The molecule has 0 saturated heterocycles. The van der Waals surface area contributed by atoms with Crippen LogP contribution in [-0.2, 0) is 0 Å². The highest BCUT2D eigenvalue weighted by molar-refractivity contribution is 4.99. The predicted octanol–water partition coefficient (Wildman–Crippen LogP) is 3.88. The molecule has 83 valence electrons. The molecule has 0 nitrogen and oxygen atoms in total. The van der Waals surface area contributed by atoms with Crippen LogP contribution in [0.1, 0.15) is 25.7 Å².